The van der Waals surface area contributed by atoms with Crippen LogP contribution < -0.4 is 0 Å². The van der Waals surface area contributed by atoms with Gasteiger partial charge in [0.25, 0.3) is 0 Å². The molecule has 0 saturated carbocycles. The molecule has 0 heterocycles. The molecule has 0 aliphatic carbocycles. The van der Waals surface area contributed by atoms with E-state index in [4.69, 9.17) is 13.3 Å². The van der Waals surface area contributed by atoms with Crippen LogP contribution in [0.2, 0.25) is 0 Å². The van der Waals surface area contributed by atoms with Crippen LogP contribution in [0.15, 0.2) is 0 Å². The summed E-state index contributed by atoms with van der Waals surface area (Å²) in [6, 6.07) is 0. The molecule has 0 saturated heterocycles. The molecule has 6 heteroatoms. The summed E-state index contributed by atoms with van der Waals surface area (Å²) in [5.74, 6) is 0. The molecule has 0 rings (SSSR count). The highest BCUT2D eigenvalue weighted by atomic mass is 32.4. The third-order valence-corrected chi connectivity index (χ3v) is 11.6. The Morgan fingerprint density at radius 3 is 1.83 bits per heavy atom. The molecular weight excluding hydrogens is 280 g/mol. The van der Waals surface area contributed by atoms with Gasteiger partial charge in [-0.15, -0.1) is 0 Å². The minimum Gasteiger partial charge on any atom is -0.376 e. The Bertz CT molecular complexity index is 245. The fourth-order valence-electron chi connectivity index (χ4n) is 1.90. The highest BCUT2D eigenvalue weighted by Gasteiger charge is 2.51. The Hall–Kier alpha value is 0.664. The largest absolute Gasteiger partial charge is 0.512 e. The van der Waals surface area contributed by atoms with Gasteiger partial charge in [0.2, 0.25) is 0 Å². The average Bonchev–Trinajstić information content (AvgIpc) is 2.21. The fourth-order valence-corrected chi connectivity index (χ4v) is 10.5. The summed E-state index contributed by atoms with van der Waals surface area (Å²) in [6.07, 6.45) is 5.43. The first-order valence-corrected chi connectivity index (χ1v) is 11.8. The highest BCUT2D eigenvalue weighted by molar-refractivity contribution is 8.50. The van der Waals surface area contributed by atoms with E-state index in [9.17, 15) is 0 Å². The second-order valence-electron chi connectivity index (χ2n) is 6.16. The number of rotatable bonds is 7. The van der Waals surface area contributed by atoms with Crippen molar-refractivity contribution in [2.24, 2.45) is 5.41 Å². The van der Waals surface area contributed by atoms with E-state index in [1.54, 1.807) is 14.2 Å². The lowest BCUT2D eigenvalue weighted by atomic mass is 9.99. The molecule has 0 aromatic rings. The SMILES string of the molecule is CCC([Si](OC)(OC)OCC(C)(C)C)S(C)(C)[Si]. The molecule has 1 atom stereocenters. The summed E-state index contributed by atoms with van der Waals surface area (Å²) < 4.78 is 17.6. The van der Waals surface area contributed by atoms with Gasteiger partial charge in [0.05, 0.1) is 14.3 Å². The maximum absolute atomic E-state index is 6.16. The van der Waals surface area contributed by atoms with Gasteiger partial charge in [0.15, 0.2) is 0 Å². The third kappa shape index (κ3) is 5.34. The van der Waals surface area contributed by atoms with E-state index in [0.717, 1.165) is 6.42 Å². The van der Waals surface area contributed by atoms with Crippen LogP contribution >= 0.6 is 9.48 Å². The van der Waals surface area contributed by atoms with E-state index in [1.165, 1.54) is 0 Å². The minimum atomic E-state index is -2.63. The van der Waals surface area contributed by atoms with Crippen LogP contribution in [0.25, 0.3) is 0 Å². The molecule has 0 bridgehead atoms. The molecule has 0 aromatic heterocycles. The number of hydrogen-bond donors (Lipinski definition) is 0. The van der Waals surface area contributed by atoms with Crippen LogP contribution in [0.3, 0.4) is 0 Å². The van der Waals surface area contributed by atoms with Gasteiger partial charge in [0.1, 0.15) is 0 Å². The predicted molar refractivity (Wildman–Crippen MR) is 84.5 cm³/mol. The lowest BCUT2D eigenvalue weighted by molar-refractivity contribution is 0.0638. The summed E-state index contributed by atoms with van der Waals surface area (Å²) in [6.45, 7) is 9.29. The van der Waals surface area contributed by atoms with Crippen molar-refractivity contribution in [2.45, 2.75) is 39.0 Å². The molecule has 0 spiro atoms. The predicted octanol–water partition coefficient (Wildman–Crippen LogP) is 2.75. The Labute approximate surface area is 119 Å². The van der Waals surface area contributed by atoms with Crippen molar-refractivity contribution in [3.8, 4) is 0 Å². The van der Waals surface area contributed by atoms with Crippen LogP contribution in [0.1, 0.15) is 34.1 Å². The van der Waals surface area contributed by atoms with E-state index in [1.807, 2.05) is 0 Å². The van der Waals surface area contributed by atoms with Crippen molar-refractivity contribution < 1.29 is 13.3 Å². The Kier molecular flexibility index (Phi) is 7.15. The van der Waals surface area contributed by atoms with Crippen LogP contribution in [0, 0.1) is 5.41 Å². The molecule has 0 aliphatic rings. The monoisotopic (exact) mass is 309 g/mol. The molecule has 18 heavy (non-hydrogen) atoms. The van der Waals surface area contributed by atoms with Gasteiger partial charge in [-0.05, 0) is 24.3 Å². The lowest BCUT2D eigenvalue weighted by Gasteiger charge is -2.44. The zero-order valence-electron chi connectivity index (χ0n) is 13.1. The Morgan fingerprint density at radius 2 is 1.61 bits per heavy atom. The van der Waals surface area contributed by atoms with E-state index < -0.39 is 18.3 Å². The summed E-state index contributed by atoms with van der Waals surface area (Å²) in [4.78, 5) is 0.305. The third-order valence-electron chi connectivity index (χ3n) is 2.75. The van der Waals surface area contributed by atoms with Crippen LogP contribution in [-0.4, -0.2) is 56.4 Å². The van der Waals surface area contributed by atoms with E-state index in [-0.39, 0.29) is 5.41 Å². The van der Waals surface area contributed by atoms with Crippen LogP contribution in [0.4, 0.5) is 0 Å². The fraction of sp³-hybridized carbons (Fsp3) is 1.00. The second-order valence-corrected chi connectivity index (χ2v) is 16.1. The quantitative estimate of drug-likeness (QED) is 0.677. The summed E-state index contributed by atoms with van der Waals surface area (Å²) in [5.41, 5.74) is 0.110. The van der Waals surface area contributed by atoms with Gasteiger partial charge in [-0.1, -0.05) is 27.7 Å². The Morgan fingerprint density at radius 1 is 1.17 bits per heavy atom. The van der Waals surface area contributed by atoms with Crippen molar-refractivity contribution in [1.82, 2.24) is 0 Å². The topological polar surface area (TPSA) is 27.7 Å². The smallest absolute Gasteiger partial charge is 0.376 e. The van der Waals surface area contributed by atoms with Gasteiger partial charge in [-0.3, -0.25) is 9.48 Å². The highest BCUT2D eigenvalue weighted by Crippen LogP contribution is 2.46. The van der Waals surface area contributed by atoms with Gasteiger partial charge >= 0.3 is 8.80 Å². The first-order valence-electron chi connectivity index (χ1n) is 6.23. The average molecular weight is 310 g/mol. The van der Waals surface area contributed by atoms with Gasteiger partial charge in [-0.2, -0.15) is 0 Å². The molecule has 0 aromatic carbocycles. The van der Waals surface area contributed by atoms with E-state index in [2.05, 4.69) is 49.6 Å². The van der Waals surface area contributed by atoms with E-state index in [0.29, 0.717) is 11.5 Å². The van der Waals surface area contributed by atoms with Gasteiger partial charge in [-0.25, -0.2) is 0 Å². The van der Waals surface area contributed by atoms with Crippen LogP contribution in [-0.2, 0) is 13.3 Å². The summed E-state index contributed by atoms with van der Waals surface area (Å²) in [7, 11) is 3.69. The molecule has 1 unspecified atom stereocenters. The number of hydrogen-bond acceptors (Lipinski definition) is 3. The molecule has 0 aliphatic heterocycles. The van der Waals surface area contributed by atoms with Crippen molar-refractivity contribution in [3.05, 3.63) is 0 Å². The molecule has 3 nitrogen and oxygen atoms in total. The summed E-state index contributed by atoms with van der Waals surface area (Å²) in [5, 5.41) is 0. The van der Waals surface area contributed by atoms with Crippen molar-refractivity contribution in [3.63, 3.8) is 0 Å². The van der Waals surface area contributed by atoms with Crippen molar-refractivity contribution >= 4 is 27.7 Å². The lowest BCUT2D eigenvalue weighted by Crippen LogP contribution is -2.57. The minimum absolute atomic E-state index is 0.110. The maximum Gasteiger partial charge on any atom is 0.512 e. The molecular formula is C12H29O3SSi2. The zero-order chi connectivity index (χ0) is 14.6. The first kappa shape index (κ1) is 18.7. The molecule has 3 radical (unpaired) electrons. The first-order chi connectivity index (χ1) is 8.02. The Balaban J connectivity index is 5.11. The van der Waals surface area contributed by atoms with Crippen molar-refractivity contribution in [1.29, 1.82) is 0 Å². The standard InChI is InChI=1S/C12H29O3SSi2/c1-9-11(16(7,8)17)18(13-5,14-6)15-10-12(2,3)4/h11H,9-10H2,1-8H3. The molecule has 109 valence electrons. The summed E-state index contributed by atoms with van der Waals surface area (Å²) >= 11 is 0. The van der Waals surface area contributed by atoms with Crippen molar-refractivity contribution in [2.75, 3.05) is 33.3 Å². The molecule has 0 amide bonds. The van der Waals surface area contributed by atoms with Gasteiger partial charge < -0.3 is 13.3 Å². The van der Waals surface area contributed by atoms with E-state index >= 15 is 0 Å². The van der Waals surface area contributed by atoms with Crippen LogP contribution in [0.5, 0.6) is 0 Å². The zero-order valence-corrected chi connectivity index (χ0v) is 15.9. The molecule has 0 N–H and O–H groups in total. The molecule has 0 fully saturated rings. The van der Waals surface area contributed by atoms with Gasteiger partial charge in [0, 0.05) is 20.8 Å². The normalized spacial score (nSPS) is 16.7. The maximum atomic E-state index is 6.16. The second kappa shape index (κ2) is 6.90.